The van der Waals surface area contributed by atoms with Gasteiger partial charge in [-0.3, -0.25) is 4.79 Å². The molecule has 40 heavy (non-hydrogen) atoms. The Morgan fingerprint density at radius 1 is 1.20 bits per heavy atom. The monoisotopic (exact) mass is 553 g/mol. The highest BCUT2D eigenvalue weighted by atomic mass is 19.1. The molecule has 7 nitrogen and oxygen atoms in total. The number of amides is 1. The number of carbonyl (C=O) groups excluding carboxylic acids is 1. The zero-order valence-electron chi connectivity index (χ0n) is 24.3. The Hall–Kier alpha value is -4.14. The zero-order chi connectivity index (χ0) is 29.7. The number of ether oxygens (including phenoxy) is 1. The molecule has 0 aliphatic heterocycles. The molecule has 0 fully saturated rings. The number of rotatable bonds is 14. The predicted molar refractivity (Wildman–Crippen MR) is 160 cm³/mol. The summed E-state index contributed by atoms with van der Waals surface area (Å²) < 4.78 is 35.2. The number of fused-ring (bicyclic) bond motifs is 1. The number of halogens is 2. The Labute approximate surface area is 236 Å². The number of amidine groups is 1. The number of H-pyrrole nitrogens is 1. The van der Waals surface area contributed by atoms with Crippen LogP contribution in [0, 0.1) is 18.6 Å². The molecular formula is C31H41F2N5O2. The van der Waals surface area contributed by atoms with Crippen molar-refractivity contribution in [1.82, 2.24) is 20.5 Å². The van der Waals surface area contributed by atoms with Crippen molar-refractivity contribution in [2.75, 3.05) is 19.6 Å². The minimum atomic E-state index is -0.640. The van der Waals surface area contributed by atoms with Gasteiger partial charge in [0.15, 0.2) is 17.4 Å². The van der Waals surface area contributed by atoms with Crippen molar-refractivity contribution in [2.45, 2.75) is 54.4 Å². The molecule has 0 saturated carbocycles. The predicted octanol–water partition coefficient (Wildman–Crippen LogP) is 6.77. The van der Waals surface area contributed by atoms with Crippen LogP contribution < -0.4 is 15.4 Å². The second-order valence-corrected chi connectivity index (χ2v) is 9.28. The van der Waals surface area contributed by atoms with Crippen LogP contribution in [-0.4, -0.2) is 41.3 Å². The van der Waals surface area contributed by atoms with Crippen molar-refractivity contribution >= 4 is 22.6 Å². The molecule has 0 aliphatic rings. The highest BCUT2D eigenvalue weighted by molar-refractivity contribution is 5.95. The summed E-state index contributed by atoms with van der Waals surface area (Å²) in [4.78, 5) is 20.6. The normalized spacial score (nSPS) is 13.2. The molecule has 2 rings (SSSR count). The highest BCUT2D eigenvalue weighted by Crippen LogP contribution is 2.30. The lowest BCUT2D eigenvalue weighted by atomic mass is 10.2. The number of nitrogens with one attached hydrogen (secondary N) is 3. The van der Waals surface area contributed by atoms with Crippen LogP contribution in [0.2, 0.25) is 0 Å². The molecule has 1 amide bonds. The van der Waals surface area contributed by atoms with E-state index in [0.29, 0.717) is 36.9 Å². The van der Waals surface area contributed by atoms with Gasteiger partial charge in [-0.2, -0.15) is 0 Å². The summed E-state index contributed by atoms with van der Waals surface area (Å²) in [6.07, 6.45) is 12.5. The van der Waals surface area contributed by atoms with E-state index < -0.39 is 11.6 Å². The van der Waals surface area contributed by atoms with E-state index in [0.717, 1.165) is 30.3 Å². The second kappa shape index (κ2) is 16.1. The van der Waals surface area contributed by atoms with Gasteiger partial charge in [0.25, 0.3) is 0 Å². The van der Waals surface area contributed by atoms with E-state index in [2.05, 4.69) is 34.1 Å². The Kier molecular flexibility index (Phi) is 12.9. The lowest BCUT2D eigenvalue weighted by Gasteiger charge is -2.19. The van der Waals surface area contributed by atoms with E-state index in [1.807, 2.05) is 32.1 Å². The number of allylic oxidation sites excluding steroid dienone is 6. The van der Waals surface area contributed by atoms with Gasteiger partial charge in [0.05, 0.1) is 5.52 Å². The van der Waals surface area contributed by atoms with Gasteiger partial charge in [-0.05, 0) is 58.4 Å². The molecule has 0 unspecified atom stereocenters. The summed E-state index contributed by atoms with van der Waals surface area (Å²) in [5.74, 6) is -0.626. The lowest BCUT2D eigenvalue weighted by Crippen LogP contribution is -2.34. The maximum absolute atomic E-state index is 15.0. The summed E-state index contributed by atoms with van der Waals surface area (Å²) in [5, 5.41) is 6.62. The van der Waals surface area contributed by atoms with Gasteiger partial charge < -0.3 is 25.3 Å². The first-order valence-corrected chi connectivity index (χ1v) is 13.4. The number of aromatic amines is 1. The van der Waals surface area contributed by atoms with Gasteiger partial charge in [-0.25, -0.2) is 13.8 Å². The fraction of sp³-hybridized carbons (Fsp3) is 0.355. The topological polar surface area (TPSA) is 81.8 Å². The lowest BCUT2D eigenvalue weighted by molar-refractivity contribution is -0.128. The molecule has 0 spiro atoms. The number of hydrogen-bond donors (Lipinski definition) is 3. The molecule has 0 aliphatic carbocycles. The number of aliphatic imine (C=N–C) groups is 1. The van der Waals surface area contributed by atoms with E-state index in [4.69, 9.17) is 4.74 Å². The number of aryl methyl sites for hydroxylation is 1. The Balaban J connectivity index is 2.21. The minimum Gasteiger partial charge on any atom is -0.459 e. The summed E-state index contributed by atoms with van der Waals surface area (Å²) in [7, 11) is 0. The number of unbranched alkanes of at least 4 members (excludes halogenated alkanes) is 1. The van der Waals surface area contributed by atoms with Crippen molar-refractivity contribution in [3.63, 3.8) is 0 Å². The average molecular weight is 554 g/mol. The fourth-order valence-corrected chi connectivity index (χ4v) is 3.81. The summed E-state index contributed by atoms with van der Waals surface area (Å²) >= 11 is 0. The van der Waals surface area contributed by atoms with Crippen molar-refractivity contribution in [2.24, 2.45) is 4.99 Å². The third-order valence-corrected chi connectivity index (χ3v) is 5.88. The molecule has 1 aromatic heterocycles. The van der Waals surface area contributed by atoms with Crippen LogP contribution in [0.15, 0.2) is 77.4 Å². The van der Waals surface area contributed by atoms with Crippen LogP contribution in [0.1, 0.15) is 53.2 Å². The van der Waals surface area contributed by atoms with E-state index in [9.17, 15) is 9.18 Å². The number of benzene rings is 1. The van der Waals surface area contributed by atoms with Crippen molar-refractivity contribution in [3.05, 3.63) is 89.8 Å². The maximum Gasteiger partial charge on any atom is 0.219 e. The molecule has 1 aromatic carbocycles. The van der Waals surface area contributed by atoms with Gasteiger partial charge in [0, 0.05) is 67.4 Å². The standard InChI is InChI=1S/C31H41F2N5O2/c1-8-11-12-15-35-29(36-21(4)13-14-25(9-2)34-16-17-38(10-3)24(7)39)19-23(6)40-28-20-27(32)31-26(30(28)33)18-22(5)37-31/h9,12-15,18-20,34,37H,2,8,10-11,16-17H2,1,3-7H3,(H,35,36)/b15-12+,21-13+,23-19+,25-14+. The largest absolute Gasteiger partial charge is 0.459 e. The summed E-state index contributed by atoms with van der Waals surface area (Å²) in [6.45, 7) is 16.5. The van der Waals surface area contributed by atoms with Gasteiger partial charge in [-0.15, -0.1) is 0 Å². The minimum absolute atomic E-state index is 0.0356. The molecule has 2 aromatic rings. The fourth-order valence-electron chi connectivity index (χ4n) is 3.81. The van der Waals surface area contributed by atoms with E-state index in [-0.39, 0.29) is 22.6 Å². The molecule has 216 valence electrons. The molecule has 1 heterocycles. The van der Waals surface area contributed by atoms with Crippen LogP contribution in [0.3, 0.4) is 0 Å². The quantitative estimate of drug-likeness (QED) is 0.104. The van der Waals surface area contributed by atoms with E-state index in [1.54, 1.807) is 50.1 Å². The SMILES string of the molecule is C=C/C(=C\C=C(/C)NC(/C=C(\C)Oc1cc(F)c2[nH]c(C)cc2c1F)=N/C=C/CCC)NCCN(CC)C(C)=O. The van der Waals surface area contributed by atoms with Crippen LogP contribution in [-0.2, 0) is 4.79 Å². The molecule has 0 atom stereocenters. The molecule has 3 N–H and O–H groups in total. The Morgan fingerprint density at radius 2 is 1.95 bits per heavy atom. The smallest absolute Gasteiger partial charge is 0.219 e. The van der Waals surface area contributed by atoms with Gasteiger partial charge in [0.2, 0.25) is 5.91 Å². The zero-order valence-corrected chi connectivity index (χ0v) is 24.3. The molecule has 0 radical (unpaired) electrons. The first kappa shape index (κ1) is 32.1. The number of hydrogen-bond acceptors (Lipinski definition) is 4. The molecule has 0 bridgehead atoms. The van der Waals surface area contributed by atoms with Crippen molar-refractivity contribution < 1.29 is 18.3 Å². The summed E-state index contributed by atoms with van der Waals surface area (Å²) in [6, 6.07) is 2.58. The third kappa shape index (κ3) is 9.87. The van der Waals surface area contributed by atoms with Crippen LogP contribution in [0.25, 0.3) is 10.9 Å². The molecular weight excluding hydrogens is 512 g/mol. The number of aromatic nitrogens is 1. The number of nitrogens with zero attached hydrogens (tertiary/aromatic N) is 2. The highest BCUT2D eigenvalue weighted by Gasteiger charge is 2.16. The van der Waals surface area contributed by atoms with Crippen LogP contribution in [0.4, 0.5) is 8.78 Å². The van der Waals surface area contributed by atoms with Gasteiger partial charge in [-0.1, -0.05) is 26.0 Å². The van der Waals surface area contributed by atoms with E-state index in [1.165, 1.54) is 0 Å². The first-order chi connectivity index (χ1) is 19.1. The molecule has 9 heteroatoms. The second-order valence-electron chi connectivity index (χ2n) is 9.28. The number of likely N-dealkylation sites (N-methyl/N-ethyl adjacent to an activating group) is 1. The maximum atomic E-state index is 15.0. The Morgan fingerprint density at radius 3 is 2.60 bits per heavy atom. The first-order valence-electron chi connectivity index (χ1n) is 13.4. The van der Waals surface area contributed by atoms with Crippen molar-refractivity contribution in [3.8, 4) is 5.75 Å². The van der Waals surface area contributed by atoms with Crippen LogP contribution >= 0.6 is 0 Å². The average Bonchev–Trinajstić information content (AvgIpc) is 3.31. The van der Waals surface area contributed by atoms with Crippen LogP contribution in [0.5, 0.6) is 5.75 Å². The van der Waals surface area contributed by atoms with E-state index >= 15 is 4.39 Å². The Bertz CT molecular complexity index is 1330. The van der Waals surface area contributed by atoms with Gasteiger partial charge in [0.1, 0.15) is 11.6 Å². The third-order valence-electron chi connectivity index (χ3n) is 5.88. The van der Waals surface area contributed by atoms with Gasteiger partial charge >= 0.3 is 0 Å². The molecule has 0 saturated heterocycles. The number of carbonyl (C=O) groups is 1. The van der Waals surface area contributed by atoms with Crippen molar-refractivity contribution in [1.29, 1.82) is 0 Å². The summed E-state index contributed by atoms with van der Waals surface area (Å²) in [5.41, 5.74) is 2.33.